The first-order valence-electron chi connectivity index (χ1n) is 15.8. The molecule has 1 unspecified atom stereocenters. The molecule has 0 saturated carbocycles. The minimum absolute atomic E-state index is 0.162. The Labute approximate surface area is 272 Å². The van der Waals surface area contributed by atoms with E-state index in [-0.39, 0.29) is 42.6 Å². The zero-order chi connectivity index (χ0) is 32.9. The van der Waals surface area contributed by atoms with Crippen molar-refractivity contribution in [3.63, 3.8) is 0 Å². The second kappa shape index (κ2) is 14.3. The van der Waals surface area contributed by atoms with Gasteiger partial charge in [-0.15, -0.1) is 0 Å². The highest BCUT2D eigenvalue weighted by atomic mass is 19.1. The normalized spacial score (nSPS) is 20.9. The number of nitrogens with one attached hydrogen (secondary N) is 2. The topological polar surface area (TPSA) is 149 Å². The molecule has 2 amide bonds. The van der Waals surface area contributed by atoms with Gasteiger partial charge in [0.25, 0.3) is 0 Å². The predicted octanol–water partition coefficient (Wildman–Crippen LogP) is 2.52. The molecule has 0 aliphatic carbocycles. The molecule has 6 rings (SSSR count). The molecule has 3 aliphatic heterocycles. The van der Waals surface area contributed by atoms with Crippen LogP contribution in [0, 0.1) is 11.3 Å². The summed E-state index contributed by atoms with van der Waals surface area (Å²) in [6.07, 6.45) is -0.660. The first-order valence-corrected chi connectivity index (χ1v) is 15.8. The quantitative estimate of drug-likeness (QED) is 0.354. The molecule has 3 aliphatic rings. The highest BCUT2D eigenvalue weighted by Gasteiger charge is 2.35. The number of carbonyl (C=O) groups excluding carboxylic acids is 2. The van der Waals surface area contributed by atoms with E-state index in [1.54, 1.807) is 25.1 Å². The van der Waals surface area contributed by atoms with Gasteiger partial charge in [-0.3, -0.25) is 14.5 Å². The summed E-state index contributed by atoms with van der Waals surface area (Å²) in [7, 11) is 0. The van der Waals surface area contributed by atoms with E-state index in [9.17, 15) is 14.9 Å². The lowest BCUT2D eigenvalue weighted by Crippen LogP contribution is -2.56. The number of likely N-dealkylation sites (tertiary alicyclic amines) is 1. The Morgan fingerprint density at radius 2 is 1.85 bits per heavy atom. The maximum absolute atomic E-state index is 15.1. The number of amides is 2. The number of ether oxygens (including phenoxy) is 2. The van der Waals surface area contributed by atoms with E-state index < -0.39 is 18.3 Å². The number of halogens is 1. The second-order valence-electron chi connectivity index (χ2n) is 12.0. The molecule has 2 N–H and O–H groups in total. The van der Waals surface area contributed by atoms with Crippen molar-refractivity contribution in [2.75, 3.05) is 62.7 Å². The average molecular weight is 644 g/mol. The van der Waals surface area contributed by atoms with Crippen LogP contribution in [0.25, 0.3) is 11.4 Å². The Kier molecular flexibility index (Phi) is 9.74. The largest absolute Gasteiger partial charge is 0.486 e. The number of nitriles is 1. The van der Waals surface area contributed by atoms with Gasteiger partial charge >= 0.3 is 0 Å². The molecule has 3 fully saturated rings. The summed E-state index contributed by atoms with van der Waals surface area (Å²) in [6, 6.07) is 15.0. The zero-order valence-electron chi connectivity index (χ0n) is 26.4. The number of hydrogen-bond donors (Lipinski definition) is 2. The van der Waals surface area contributed by atoms with Crippen LogP contribution < -0.4 is 20.3 Å². The van der Waals surface area contributed by atoms with Crippen LogP contribution in [0.3, 0.4) is 0 Å². The van der Waals surface area contributed by atoms with Gasteiger partial charge < -0.3 is 29.9 Å². The van der Waals surface area contributed by atoms with Crippen LogP contribution in [0.1, 0.15) is 25.8 Å². The van der Waals surface area contributed by atoms with Crippen molar-refractivity contribution in [3.8, 4) is 23.2 Å². The SMILES string of the molecule is CC(=O)NC(C)C(=O)N1CC[C@H](Oc2ccc(-c3ncnc(Nc4ccc(N5CCN(C6COC6)CC5)cc4)n3)cc2C#N)[C@H](F)C1. The third-order valence-electron chi connectivity index (χ3n) is 8.73. The molecule has 0 radical (unpaired) electrons. The van der Waals surface area contributed by atoms with Gasteiger partial charge in [0.05, 0.1) is 31.4 Å². The van der Waals surface area contributed by atoms with Gasteiger partial charge in [-0.25, -0.2) is 14.4 Å². The van der Waals surface area contributed by atoms with E-state index in [0.717, 1.165) is 50.8 Å². The van der Waals surface area contributed by atoms with E-state index in [1.807, 2.05) is 12.1 Å². The number of aromatic nitrogens is 3. The molecular weight excluding hydrogens is 605 g/mol. The van der Waals surface area contributed by atoms with E-state index in [4.69, 9.17) is 9.47 Å². The minimum atomic E-state index is -1.47. The van der Waals surface area contributed by atoms with Crippen molar-refractivity contribution in [3.05, 3.63) is 54.4 Å². The van der Waals surface area contributed by atoms with Crippen LogP contribution in [0.4, 0.5) is 21.7 Å². The Hall–Kier alpha value is -4.87. The van der Waals surface area contributed by atoms with Crippen LogP contribution in [0.15, 0.2) is 48.8 Å². The summed E-state index contributed by atoms with van der Waals surface area (Å²) in [5.41, 5.74) is 2.78. The Morgan fingerprint density at radius 3 is 2.51 bits per heavy atom. The highest BCUT2D eigenvalue weighted by Crippen LogP contribution is 2.29. The molecule has 3 atom stereocenters. The number of anilines is 3. The third-order valence-corrected chi connectivity index (χ3v) is 8.73. The molecule has 3 aromatic rings. The zero-order valence-corrected chi connectivity index (χ0v) is 26.4. The molecular formula is C33H38FN9O4. The average Bonchev–Trinajstić information content (AvgIpc) is 3.05. The fraction of sp³-hybridized carbons (Fsp3) is 0.455. The summed E-state index contributed by atoms with van der Waals surface area (Å²) in [4.78, 5) is 43.2. The smallest absolute Gasteiger partial charge is 0.244 e. The Balaban J connectivity index is 1.05. The van der Waals surface area contributed by atoms with E-state index in [0.29, 0.717) is 23.4 Å². The molecule has 14 heteroatoms. The van der Waals surface area contributed by atoms with Crippen molar-refractivity contribution in [2.45, 2.75) is 44.6 Å². The number of alkyl halides is 1. The maximum Gasteiger partial charge on any atom is 0.244 e. The minimum Gasteiger partial charge on any atom is -0.486 e. The number of rotatable bonds is 9. The molecule has 1 aromatic heterocycles. The summed E-state index contributed by atoms with van der Waals surface area (Å²) < 4.78 is 26.4. The molecule has 0 bridgehead atoms. The lowest BCUT2D eigenvalue weighted by molar-refractivity contribution is -0.139. The number of carbonyl (C=O) groups is 2. The molecule has 47 heavy (non-hydrogen) atoms. The monoisotopic (exact) mass is 643 g/mol. The van der Waals surface area contributed by atoms with Crippen molar-refractivity contribution >= 4 is 29.1 Å². The van der Waals surface area contributed by atoms with Gasteiger partial charge in [-0.2, -0.15) is 10.2 Å². The third kappa shape index (κ3) is 7.58. The van der Waals surface area contributed by atoms with Gasteiger partial charge in [0.2, 0.25) is 17.8 Å². The Bertz CT molecular complexity index is 1620. The molecule has 246 valence electrons. The van der Waals surface area contributed by atoms with Crippen LogP contribution in [-0.2, 0) is 14.3 Å². The summed E-state index contributed by atoms with van der Waals surface area (Å²) in [6.45, 7) is 8.69. The lowest BCUT2D eigenvalue weighted by Gasteiger charge is -2.43. The van der Waals surface area contributed by atoms with E-state index >= 15 is 4.39 Å². The van der Waals surface area contributed by atoms with E-state index in [1.165, 1.54) is 18.2 Å². The van der Waals surface area contributed by atoms with Gasteiger partial charge in [0.15, 0.2) is 12.0 Å². The van der Waals surface area contributed by atoms with E-state index in [2.05, 4.69) is 53.6 Å². The number of benzene rings is 2. The summed E-state index contributed by atoms with van der Waals surface area (Å²) in [5.74, 6) is 0.272. The van der Waals surface area contributed by atoms with Crippen LogP contribution >= 0.6 is 0 Å². The number of hydrogen-bond acceptors (Lipinski definition) is 11. The Morgan fingerprint density at radius 1 is 1.09 bits per heavy atom. The van der Waals surface area contributed by atoms with Gasteiger partial charge in [0, 0.05) is 63.0 Å². The molecule has 2 aromatic carbocycles. The number of piperazine rings is 1. The van der Waals surface area contributed by atoms with Crippen molar-refractivity contribution in [1.82, 2.24) is 30.1 Å². The fourth-order valence-electron chi connectivity index (χ4n) is 6.04. The first kappa shape index (κ1) is 32.1. The van der Waals surface area contributed by atoms with Crippen LogP contribution in [0.2, 0.25) is 0 Å². The van der Waals surface area contributed by atoms with Crippen LogP contribution in [-0.4, -0.2) is 113 Å². The summed E-state index contributed by atoms with van der Waals surface area (Å²) in [5, 5.41) is 15.6. The fourth-order valence-corrected chi connectivity index (χ4v) is 6.04. The predicted molar refractivity (Wildman–Crippen MR) is 172 cm³/mol. The standard InChI is InChI=1S/C33H38FN9O4/c1-21(38-22(2)44)32(45)43-10-9-30(28(34)17-43)47-29-8-3-23(15-24(29)16-35)31-36-20-37-33(40-31)39-25-4-6-26(7-5-25)41-11-13-42(14-12-41)27-18-46-19-27/h3-8,15,20-21,27-28,30H,9-14,17-19H2,1-2H3,(H,38,44)(H,36,37,39,40)/t21?,28-,30+/m1/s1. The number of piperidine rings is 1. The number of nitrogens with zero attached hydrogens (tertiary/aromatic N) is 7. The van der Waals surface area contributed by atoms with Crippen molar-refractivity contribution in [2.24, 2.45) is 0 Å². The first-order chi connectivity index (χ1) is 22.8. The summed E-state index contributed by atoms with van der Waals surface area (Å²) >= 11 is 0. The molecule has 4 heterocycles. The lowest BCUT2D eigenvalue weighted by atomic mass is 10.0. The highest BCUT2D eigenvalue weighted by molar-refractivity contribution is 5.86. The molecule has 13 nitrogen and oxygen atoms in total. The maximum atomic E-state index is 15.1. The molecule has 3 saturated heterocycles. The molecule has 0 spiro atoms. The van der Waals surface area contributed by atoms with Gasteiger partial charge in [0.1, 0.15) is 30.3 Å². The van der Waals surface area contributed by atoms with Crippen molar-refractivity contribution in [1.29, 1.82) is 5.26 Å². The van der Waals surface area contributed by atoms with Gasteiger partial charge in [-0.1, -0.05) is 0 Å². The van der Waals surface area contributed by atoms with Crippen LogP contribution in [0.5, 0.6) is 5.75 Å². The van der Waals surface area contributed by atoms with Gasteiger partial charge in [-0.05, 0) is 49.4 Å². The van der Waals surface area contributed by atoms with Crippen molar-refractivity contribution < 1.29 is 23.5 Å². The second-order valence-corrected chi connectivity index (χ2v) is 12.0.